The largest absolute Gasteiger partial charge is 0.380 e. The highest BCUT2D eigenvalue weighted by molar-refractivity contribution is 5.27. The van der Waals surface area contributed by atoms with E-state index in [0.717, 1.165) is 18.3 Å². The first-order valence-electron chi connectivity index (χ1n) is 12.0. The van der Waals surface area contributed by atoms with Crippen molar-refractivity contribution in [1.82, 2.24) is 0 Å². The summed E-state index contributed by atoms with van der Waals surface area (Å²) in [6.07, 6.45) is 21.3. The molecule has 0 atom stereocenters. The van der Waals surface area contributed by atoms with E-state index in [0.29, 0.717) is 12.0 Å². The third-order valence-electron chi connectivity index (χ3n) is 7.82. The van der Waals surface area contributed by atoms with Gasteiger partial charge in [-0.2, -0.15) is 0 Å². The molecule has 0 heterocycles. The monoisotopic (exact) mass is 394 g/mol. The predicted octanol–water partition coefficient (Wildman–Crippen LogP) is 8.04. The number of rotatable bonds is 9. The average molecular weight is 395 g/mol. The predicted molar refractivity (Wildman–Crippen MR) is 125 cm³/mol. The van der Waals surface area contributed by atoms with Gasteiger partial charge in [-0.1, -0.05) is 61.3 Å². The molecule has 0 bridgehead atoms. The smallest absolute Gasteiger partial charge is 0.0713 e. The molecule has 2 saturated carbocycles. The standard InChI is InChI=1S/C28H42O/c1-4-26(21-24-9-11-25(12-10-24)22-29-3)27-15-13-23(14-16-27)17-20-28(5-2)18-7-6-8-19-28/h4-5,9-12,23,27H,2,6-8,13-22H2,1,3H3. The Morgan fingerprint density at radius 1 is 1.03 bits per heavy atom. The van der Waals surface area contributed by atoms with Crippen LogP contribution in [0.4, 0.5) is 0 Å². The van der Waals surface area contributed by atoms with E-state index >= 15 is 0 Å². The Bertz CT molecular complexity index is 639. The van der Waals surface area contributed by atoms with Gasteiger partial charge in [-0.05, 0) is 93.1 Å². The van der Waals surface area contributed by atoms with E-state index in [-0.39, 0.29) is 0 Å². The van der Waals surface area contributed by atoms with Crippen molar-refractivity contribution < 1.29 is 4.74 Å². The molecule has 2 fully saturated rings. The molecule has 1 aromatic carbocycles. The number of hydrogen-bond acceptors (Lipinski definition) is 1. The Kier molecular flexibility index (Phi) is 8.60. The van der Waals surface area contributed by atoms with Gasteiger partial charge in [0.2, 0.25) is 0 Å². The normalized spacial score (nSPS) is 25.0. The van der Waals surface area contributed by atoms with Crippen molar-refractivity contribution >= 4 is 0 Å². The van der Waals surface area contributed by atoms with Gasteiger partial charge in [0.05, 0.1) is 6.61 Å². The van der Waals surface area contributed by atoms with Gasteiger partial charge in [-0.3, -0.25) is 0 Å². The molecule has 0 amide bonds. The van der Waals surface area contributed by atoms with Crippen LogP contribution < -0.4 is 0 Å². The number of ether oxygens (including phenoxy) is 1. The lowest BCUT2D eigenvalue weighted by Crippen LogP contribution is -2.24. The first-order valence-corrected chi connectivity index (χ1v) is 12.0. The Morgan fingerprint density at radius 2 is 1.69 bits per heavy atom. The summed E-state index contributed by atoms with van der Waals surface area (Å²) in [6.45, 7) is 7.14. The van der Waals surface area contributed by atoms with Crippen molar-refractivity contribution in [3.63, 3.8) is 0 Å². The summed E-state index contributed by atoms with van der Waals surface area (Å²) in [7, 11) is 1.76. The fraction of sp³-hybridized carbons (Fsp3) is 0.643. The van der Waals surface area contributed by atoms with E-state index in [9.17, 15) is 0 Å². The van der Waals surface area contributed by atoms with Crippen molar-refractivity contribution in [3.05, 3.63) is 59.7 Å². The molecule has 0 aliphatic heterocycles. The van der Waals surface area contributed by atoms with Gasteiger partial charge in [0.15, 0.2) is 0 Å². The molecule has 0 unspecified atom stereocenters. The van der Waals surface area contributed by atoms with Gasteiger partial charge < -0.3 is 4.74 Å². The summed E-state index contributed by atoms with van der Waals surface area (Å²) in [6, 6.07) is 8.98. The zero-order valence-corrected chi connectivity index (χ0v) is 18.9. The Balaban J connectivity index is 1.46. The summed E-state index contributed by atoms with van der Waals surface area (Å²) in [5.41, 5.74) is 4.82. The molecule has 1 aromatic rings. The lowest BCUT2D eigenvalue weighted by atomic mass is 9.68. The highest BCUT2D eigenvalue weighted by Gasteiger charge is 2.30. The second-order valence-corrected chi connectivity index (χ2v) is 9.67. The Morgan fingerprint density at radius 3 is 2.28 bits per heavy atom. The maximum absolute atomic E-state index is 5.23. The van der Waals surface area contributed by atoms with Crippen LogP contribution in [0, 0.1) is 17.3 Å². The molecule has 0 aromatic heterocycles. The lowest BCUT2D eigenvalue weighted by Gasteiger charge is -2.37. The molecule has 2 aliphatic carbocycles. The van der Waals surface area contributed by atoms with Crippen molar-refractivity contribution in [2.75, 3.05) is 7.11 Å². The molecule has 0 N–H and O–H groups in total. The molecule has 1 nitrogen and oxygen atoms in total. The van der Waals surface area contributed by atoms with E-state index in [1.54, 1.807) is 12.7 Å². The molecule has 29 heavy (non-hydrogen) atoms. The molecule has 0 radical (unpaired) electrons. The fourth-order valence-electron chi connectivity index (χ4n) is 5.76. The fourth-order valence-corrected chi connectivity index (χ4v) is 5.76. The molecule has 1 heteroatoms. The average Bonchev–Trinajstić information content (AvgIpc) is 2.78. The van der Waals surface area contributed by atoms with E-state index in [1.165, 1.54) is 81.8 Å². The zero-order chi connectivity index (χ0) is 20.5. The minimum absolute atomic E-state index is 0.471. The van der Waals surface area contributed by atoms with Crippen LogP contribution in [0.3, 0.4) is 0 Å². The van der Waals surface area contributed by atoms with Gasteiger partial charge in [-0.25, -0.2) is 0 Å². The van der Waals surface area contributed by atoms with Gasteiger partial charge in [-0.15, -0.1) is 6.58 Å². The molecule has 0 spiro atoms. The minimum Gasteiger partial charge on any atom is -0.380 e. The first kappa shape index (κ1) is 22.3. The minimum atomic E-state index is 0.471. The van der Waals surface area contributed by atoms with Crippen LogP contribution in [0.25, 0.3) is 0 Å². The van der Waals surface area contributed by atoms with E-state index in [4.69, 9.17) is 4.74 Å². The molecular formula is C28H42O. The summed E-state index contributed by atoms with van der Waals surface area (Å²) in [5, 5.41) is 0. The van der Waals surface area contributed by atoms with Crippen molar-refractivity contribution in [2.45, 2.75) is 90.6 Å². The third-order valence-corrected chi connectivity index (χ3v) is 7.82. The third kappa shape index (κ3) is 6.32. The highest BCUT2D eigenvalue weighted by atomic mass is 16.5. The van der Waals surface area contributed by atoms with Gasteiger partial charge in [0.1, 0.15) is 0 Å². The molecule has 3 rings (SSSR count). The number of methoxy groups -OCH3 is 1. The SMILES string of the molecule is C=CC1(CCC2CCC(C(=CC)Cc3ccc(COC)cc3)CC2)CCCCC1. The second kappa shape index (κ2) is 11.2. The number of allylic oxidation sites excluding steroid dienone is 3. The Hall–Kier alpha value is -1.34. The molecule has 2 aliphatic rings. The van der Waals surface area contributed by atoms with E-state index < -0.39 is 0 Å². The maximum Gasteiger partial charge on any atom is 0.0713 e. The number of hydrogen-bond donors (Lipinski definition) is 0. The van der Waals surface area contributed by atoms with Crippen molar-refractivity contribution in [2.24, 2.45) is 17.3 Å². The summed E-state index contributed by atoms with van der Waals surface area (Å²) in [5.74, 6) is 1.73. The first-order chi connectivity index (χ1) is 14.2. The van der Waals surface area contributed by atoms with Crippen LogP contribution >= 0.6 is 0 Å². The van der Waals surface area contributed by atoms with Gasteiger partial charge >= 0.3 is 0 Å². The Labute approximate surface area is 179 Å². The summed E-state index contributed by atoms with van der Waals surface area (Å²) >= 11 is 0. The quantitative estimate of drug-likeness (QED) is 0.385. The molecule has 160 valence electrons. The van der Waals surface area contributed by atoms with E-state index in [1.807, 2.05) is 0 Å². The van der Waals surface area contributed by atoms with Crippen LogP contribution in [0.5, 0.6) is 0 Å². The summed E-state index contributed by atoms with van der Waals surface area (Å²) in [4.78, 5) is 0. The van der Waals surface area contributed by atoms with Crippen LogP contribution in [0.2, 0.25) is 0 Å². The van der Waals surface area contributed by atoms with Gasteiger partial charge in [0, 0.05) is 7.11 Å². The number of benzene rings is 1. The maximum atomic E-state index is 5.23. The highest BCUT2D eigenvalue weighted by Crippen LogP contribution is 2.44. The van der Waals surface area contributed by atoms with Gasteiger partial charge in [0.25, 0.3) is 0 Å². The van der Waals surface area contributed by atoms with Crippen molar-refractivity contribution in [3.8, 4) is 0 Å². The van der Waals surface area contributed by atoms with E-state index in [2.05, 4.69) is 49.9 Å². The molecule has 0 saturated heterocycles. The van der Waals surface area contributed by atoms with Crippen LogP contribution in [-0.4, -0.2) is 7.11 Å². The second-order valence-electron chi connectivity index (χ2n) is 9.67. The molecular weight excluding hydrogens is 352 g/mol. The van der Waals surface area contributed by atoms with Crippen LogP contribution in [0.15, 0.2) is 48.6 Å². The zero-order valence-electron chi connectivity index (χ0n) is 18.9. The summed E-state index contributed by atoms with van der Waals surface area (Å²) < 4.78 is 5.23. The lowest BCUT2D eigenvalue weighted by molar-refractivity contribution is 0.185. The van der Waals surface area contributed by atoms with Crippen LogP contribution in [0.1, 0.15) is 88.7 Å². The van der Waals surface area contributed by atoms with Crippen molar-refractivity contribution in [1.29, 1.82) is 0 Å². The topological polar surface area (TPSA) is 9.23 Å². The van der Waals surface area contributed by atoms with Crippen LogP contribution in [-0.2, 0) is 17.8 Å².